The highest BCUT2D eigenvalue weighted by atomic mass is 16.5. The Morgan fingerprint density at radius 2 is 1.71 bits per heavy atom. The van der Waals surface area contributed by atoms with Gasteiger partial charge < -0.3 is 10.1 Å². The monoisotopic (exact) mass is 291 g/mol. The Labute approximate surface area is 126 Å². The van der Waals surface area contributed by atoms with E-state index < -0.39 is 5.97 Å². The number of methoxy groups -OCH3 is 1. The number of hydrogen-bond donors (Lipinski definition) is 1. The number of carbonyl (C=O) groups excluding carboxylic acids is 2. The zero-order chi connectivity index (χ0) is 15.5. The number of amides is 1. The van der Waals surface area contributed by atoms with Crippen LogP contribution in [0, 0.1) is 0 Å². The van der Waals surface area contributed by atoms with Crippen LogP contribution in [0.15, 0.2) is 24.3 Å². The summed E-state index contributed by atoms with van der Waals surface area (Å²) in [6.45, 7) is 2.19. The molecule has 0 aliphatic carbocycles. The van der Waals surface area contributed by atoms with Crippen molar-refractivity contribution < 1.29 is 14.3 Å². The normalized spacial score (nSPS) is 10.2. The minimum Gasteiger partial charge on any atom is -0.465 e. The summed E-state index contributed by atoms with van der Waals surface area (Å²) in [6, 6.07) is 6.89. The molecule has 0 aliphatic rings. The van der Waals surface area contributed by atoms with Crippen LogP contribution >= 0.6 is 0 Å². The van der Waals surface area contributed by atoms with E-state index in [0.717, 1.165) is 12.8 Å². The third-order valence-electron chi connectivity index (χ3n) is 3.36. The molecule has 0 aliphatic heterocycles. The molecule has 0 spiro atoms. The Balaban J connectivity index is 2.39. The van der Waals surface area contributed by atoms with Crippen molar-refractivity contribution in [2.45, 2.75) is 51.9 Å². The highest BCUT2D eigenvalue weighted by Crippen LogP contribution is 2.17. The van der Waals surface area contributed by atoms with Crippen LogP contribution in [0.2, 0.25) is 0 Å². The van der Waals surface area contributed by atoms with Crippen LogP contribution in [0.5, 0.6) is 0 Å². The van der Waals surface area contributed by atoms with Gasteiger partial charge in [0, 0.05) is 6.42 Å². The van der Waals surface area contributed by atoms with Crippen molar-refractivity contribution >= 4 is 17.6 Å². The molecule has 1 rings (SSSR count). The lowest BCUT2D eigenvalue weighted by Gasteiger charge is -2.09. The summed E-state index contributed by atoms with van der Waals surface area (Å²) in [7, 11) is 1.33. The van der Waals surface area contributed by atoms with Crippen molar-refractivity contribution in [3.8, 4) is 0 Å². The van der Waals surface area contributed by atoms with Gasteiger partial charge >= 0.3 is 5.97 Å². The number of rotatable bonds is 9. The topological polar surface area (TPSA) is 55.4 Å². The summed E-state index contributed by atoms with van der Waals surface area (Å²) in [5.74, 6) is -0.493. The Bertz CT molecular complexity index is 457. The van der Waals surface area contributed by atoms with Crippen LogP contribution < -0.4 is 5.32 Å². The Morgan fingerprint density at radius 3 is 2.43 bits per heavy atom. The van der Waals surface area contributed by atoms with E-state index in [1.807, 2.05) is 0 Å². The molecule has 1 aromatic rings. The van der Waals surface area contributed by atoms with Gasteiger partial charge in [-0.05, 0) is 18.6 Å². The molecule has 0 atom stereocenters. The summed E-state index contributed by atoms with van der Waals surface area (Å²) >= 11 is 0. The third kappa shape index (κ3) is 6.43. The van der Waals surface area contributed by atoms with Gasteiger partial charge in [0.25, 0.3) is 0 Å². The third-order valence-corrected chi connectivity index (χ3v) is 3.36. The lowest BCUT2D eigenvalue weighted by Crippen LogP contribution is -2.14. The molecule has 1 N–H and O–H groups in total. The van der Waals surface area contributed by atoms with E-state index in [2.05, 4.69) is 12.2 Å². The van der Waals surface area contributed by atoms with Crippen molar-refractivity contribution in [3.63, 3.8) is 0 Å². The standard InChI is InChI=1S/C17H25NO3/c1-3-4-5-6-7-8-13-16(19)18-15-12-10-9-11-14(15)17(20)21-2/h9-12H,3-8,13H2,1-2H3,(H,18,19). The summed E-state index contributed by atoms with van der Waals surface area (Å²) in [5.41, 5.74) is 0.900. The lowest BCUT2D eigenvalue weighted by atomic mass is 10.1. The molecular formula is C17H25NO3. The summed E-state index contributed by atoms with van der Waals surface area (Å²) in [4.78, 5) is 23.5. The predicted molar refractivity (Wildman–Crippen MR) is 84.4 cm³/mol. The lowest BCUT2D eigenvalue weighted by molar-refractivity contribution is -0.116. The zero-order valence-electron chi connectivity index (χ0n) is 13.0. The first kappa shape index (κ1) is 17.2. The maximum absolute atomic E-state index is 11.9. The Kier molecular flexibility index (Phi) is 8.17. The number of esters is 1. The van der Waals surface area contributed by atoms with E-state index in [4.69, 9.17) is 4.74 Å². The van der Waals surface area contributed by atoms with Gasteiger partial charge in [-0.2, -0.15) is 0 Å². The number of unbranched alkanes of at least 4 members (excludes halogenated alkanes) is 5. The van der Waals surface area contributed by atoms with E-state index in [0.29, 0.717) is 17.7 Å². The quantitative estimate of drug-likeness (QED) is 0.549. The van der Waals surface area contributed by atoms with Crippen molar-refractivity contribution in [1.82, 2.24) is 0 Å². The number of anilines is 1. The minimum atomic E-state index is -0.439. The molecule has 4 nitrogen and oxygen atoms in total. The van der Waals surface area contributed by atoms with Gasteiger partial charge in [-0.25, -0.2) is 4.79 Å². The molecule has 0 aromatic heterocycles. The Hall–Kier alpha value is -1.84. The van der Waals surface area contributed by atoms with Gasteiger partial charge in [0.2, 0.25) is 5.91 Å². The van der Waals surface area contributed by atoms with E-state index in [1.54, 1.807) is 24.3 Å². The van der Waals surface area contributed by atoms with Crippen LogP contribution in [0.25, 0.3) is 0 Å². The van der Waals surface area contributed by atoms with Gasteiger partial charge in [0.1, 0.15) is 0 Å². The predicted octanol–water partition coefficient (Wildman–Crippen LogP) is 4.16. The number of para-hydroxylation sites is 1. The van der Waals surface area contributed by atoms with Crippen LogP contribution in [-0.2, 0) is 9.53 Å². The van der Waals surface area contributed by atoms with Crippen molar-refractivity contribution in [2.24, 2.45) is 0 Å². The van der Waals surface area contributed by atoms with Gasteiger partial charge in [-0.3, -0.25) is 4.79 Å². The van der Waals surface area contributed by atoms with Crippen molar-refractivity contribution in [2.75, 3.05) is 12.4 Å². The molecule has 0 radical (unpaired) electrons. The molecule has 4 heteroatoms. The van der Waals surface area contributed by atoms with Crippen LogP contribution in [0.4, 0.5) is 5.69 Å². The molecule has 116 valence electrons. The highest BCUT2D eigenvalue weighted by molar-refractivity contribution is 6.01. The minimum absolute atomic E-state index is 0.0538. The second kappa shape index (κ2) is 9.97. The van der Waals surface area contributed by atoms with E-state index >= 15 is 0 Å². The fraction of sp³-hybridized carbons (Fsp3) is 0.529. The molecule has 21 heavy (non-hydrogen) atoms. The van der Waals surface area contributed by atoms with Crippen molar-refractivity contribution in [1.29, 1.82) is 0 Å². The highest BCUT2D eigenvalue weighted by Gasteiger charge is 2.12. The molecule has 0 heterocycles. The second-order valence-electron chi connectivity index (χ2n) is 5.10. The largest absolute Gasteiger partial charge is 0.465 e. The first-order valence-electron chi connectivity index (χ1n) is 7.66. The first-order valence-corrected chi connectivity index (χ1v) is 7.66. The Morgan fingerprint density at radius 1 is 1.05 bits per heavy atom. The smallest absolute Gasteiger partial charge is 0.339 e. The van der Waals surface area contributed by atoms with E-state index in [1.165, 1.54) is 32.8 Å². The number of benzene rings is 1. The van der Waals surface area contributed by atoms with Crippen molar-refractivity contribution in [3.05, 3.63) is 29.8 Å². The SMILES string of the molecule is CCCCCCCCC(=O)Nc1ccccc1C(=O)OC. The van der Waals surface area contributed by atoms with Gasteiger partial charge in [-0.15, -0.1) is 0 Å². The average Bonchev–Trinajstić information content (AvgIpc) is 2.50. The fourth-order valence-electron chi connectivity index (χ4n) is 2.16. The first-order chi connectivity index (χ1) is 10.2. The second-order valence-corrected chi connectivity index (χ2v) is 5.10. The van der Waals surface area contributed by atoms with Crippen LogP contribution in [0.1, 0.15) is 62.2 Å². The molecule has 0 bridgehead atoms. The molecule has 0 unspecified atom stereocenters. The molecule has 1 amide bonds. The van der Waals surface area contributed by atoms with Gasteiger partial charge in [0.05, 0.1) is 18.4 Å². The zero-order valence-corrected chi connectivity index (χ0v) is 13.0. The van der Waals surface area contributed by atoms with Gasteiger partial charge in [-0.1, -0.05) is 51.2 Å². The maximum atomic E-state index is 11.9. The maximum Gasteiger partial charge on any atom is 0.339 e. The van der Waals surface area contributed by atoms with E-state index in [9.17, 15) is 9.59 Å². The van der Waals surface area contributed by atoms with Crippen LogP contribution in [-0.4, -0.2) is 19.0 Å². The summed E-state index contributed by atoms with van der Waals surface area (Å²) in [5, 5.41) is 2.79. The number of nitrogens with one attached hydrogen (secondary N) is 1. The number of ether oxygens (including phenoxy) is 1. The number of carbonyl (C=O) groups is 2. The molecular weight excluding hydrogens is 266 g/mol. The average molecular weight is 291 g/mol. The summed E-state index contributed by atoms with van der Waals surface area (Å²) < 4.78 is 4.70. The molecule has 0 saturated carbocycles. The molecule has 0 saturated heterocycles. The molecule has 0 fully saturated rings. The fourth-order valence-corrected chi connectivity index (χ4v) is 2.16. The van der Waals surface area contributed by atoms with E-state index in [-0.39, 0.29) is 5.91 Å². The van der Waals surface area contributed by atoms with Crippen LogP contribution in [0.3, 0.4) is 0 Å². The molecule has 1 aromatic carbocycles. The number of hydrogen-bond acceptors (Lipinski definition) is 3. The summed E-state index contributed by atoms with van der Waals surface area (Å²) in [6.07, 6.45) is 7.36. The van der Waals surface area contributed by atoms with Gasteiger partial charge in [0.15, 0.2) is 0 Å².